The number of aromatic nitrogens is 1. The predicted octanol–water partition coefficient (Wildman–Crippen LogP) is 3.47. The number of ether oxygens (including phenoxy) is 1. The number of nitrogens with zero attached hydrogens (tertiary/aromatic N) is 3. The SMILES string of the molecule is CCNC(=NCc1sc(-c2ccccc2)nc1C)N1CCC(C(=O)OC)CC1. The van der Waals surface area contributed by atoms with Gasteiger partial charge < -0.3 is 15.0 Å². The summed E-state index contributed by atoms with van der Waals surface area (Å²) in [4.78, 5) is 24.7. The van der Waals surface area contributed by atoms with E-state index in [0.29, 0.717) is 6.54 Å². The minimum atomic E-state index is -0.102. The monoisotopic (exact) mass is 400 g/mol. The van der Waals surface area contributed by atoms with E-state index in [0.717, 1.165) is 54.7 Å². The number of carbonyl (C=O) groups excluding carboxylic acids is 1. The van der Waals surface area contributed by atoms with Crippen LogP contribution in [0, 0.1) is 12.8 Å². The number of piperidine rings is 1. The molecule has 7 heteroatoms. The van der Waals surface area contributed by atoms with Crippen molar-refractivity contribution in [3.63, 3.8) is 0 Å². The number of nitrogens with one attached hydrogen (secondary N) is 1. The summed E-state index contributed by atoms with van der Waals surface area (Å²) in [5.41, 5.74) is 2.18. The Bertz CT molecular complexity index is 811. The summed E-state index contributed by atoms with van der Waals surface area (Å²) in [5.74, 6) is 0.802. The fourth-order valence-electron chi connectivity index (χ4n) is 3.35. The van der Waals surface area contributed by atoms with Crippen molar-refractivity contribution in [1.82, 2.24) is 15.2 Å². The van der Waals surface area contributed by atoms with Crippen LogP contribution in [0.5, 0.6) is 0 Å². The highest BCUT2D eigenvalue weighted by molar-refractivity contribution is 7.15. The van der Waals surface area contributed by atoms with Crippen LogP contribution < -0.4 is 5.32 Å². The standard InChI is InChI=1S/C21H28N4O2S/c1-4-22-21(25-12-10-17(11-13-25)20(26)27-3)23-14-18-15(2)24-19(28-18)16-8-6-5-7-9-16/h5-9,17H,4,10-14H2,1-3H3,(H,22,23). The van der Waals surface area contributed by atoms with Crippen LogP contribution in [0.2, 0.25) is 0 Å². The van der Waals surface area contributed by atoms with E-state index in [1.165, 1.54) is 12.0 Å². The maximum atomic E-state index is 11.7. The number of esters is 1. The molecule has 3 rings (SSSR count). The Hall–Kier alpha value is -2.41. The smallest absolute Gasteiger partial charge is 0.308 e. The third-order valence-electron chi connectivity index (χ3n) is 4.95. The van der Waals surface area contributed by atoms with Gasteiger partial charge in [0.05, 0.1) is 25.3 Å². The second-order valence-corrected chi connectivity index (χ2v) is 7.93. The van der Waals surface area contributed by atoms with E-state index >= 15 is 0 Å². The number of hydrogen-bond donors (Lipinski definition) is 1. The molecule has 1 N–H and O–H groups in total. The number of carbonyl (C=O) groups is 1. The molecule has 150 valence electrons. The van der Waals surface area contributed by atoms with Gasteiger partial charge in [0.25, 0.3) is 0 Å². The van der Waals surface area contributed by atoms with Gasteiger partial charge in [-0.3, -0.25) is 4.79 Å². The van der Waals surface area contributed by atoms with Gasteiger partial charge in [-0.25, -0.2) is 9.98 Å². The van der Waals surface area contributed by atoms with Crippen molar-refractivity contribution in [3.05, 3.63) is 40.9 Å². The quantitative estimate of drug-likeness (QED) is 0.473. The van der Waals surface area contributed by atoms with Crippen LogP contribution in [-0.2, 0) is 16.1 Å². The second kappa shape index (κ2) is 9.68. The Kier molecular flexibility index (Phi) is 7.03. The molecule has 0 radical (unpaired) electrons. The molecule has 1 fully saturated rings. The summed E-state index contributed by atoms with van der Waals surface area (Å²) < 4.78 is 4.88. The minimum absolute atomic E-state index is 0.00120. The van der Waals surface area contributed by atoms with E-state index in [1.807, 2.05) is 25.1 Å². The van der Waals surface area contributed by atoms with Crippen molar-refractivity contribution in [2.24, 2.45) is 10.9 Å². The highest BCUT2D eigenvalue weighted by atomic mass is 32.1. The number of aryl methyl sites for hydroxylation is 1. The Morgan fingerprint density at radius 3 is 2.68 bits per heavy atom. The Morgan fingerprint density at radius 2 is 2.04 bits per heavy atom. The lowest BCUT2D eigenvalue weighted by Crippen LogP contribution is -2.46. The van der Waals surface area contributed by atoms with E-state index in [1.54, 1.807) is 11.3 Å². The molecule has 0 saturated carbocycles. The third kappa shape index (κ3) is 4.90. The Labute approximate surface area is 170 Å². The fraction of sp³-hybridized carbons (Fsp3) is 0.476. The number of benzene rings is 1. The zero-order valence-corrected chi connectivity index (χ0v) is 17.6. The van der Waals surface area contributed by atoms with Gasteiger partial charge in [0, 0.05) is 30.1 Å². The summed E-state index contributed by atoms with van der Waals surface area (Å²) >= 11 is 1.70. The molecule has 1 saturated heterocycles. The summed E-state index contributed by atoms with van der Waals surface area (Å²) in [5, 5.41) is 4.42. The summed E-state index contributed by atoms with van der Waals surface area (Å²) in [6.45, 7) is 7.15. The maximum absolute atomic E-state index is 11.7. The Balaban J connectivity index is 1.68. The van der Waals surface area contributed by atoms with Crippen molar-refractivity contribution >= 4 is 23.3 Å². The van der Waals surface area contributed by atoms with Gasteiger partial charge in [-0.05, 0) is 26.7 Å². The van der Waals surface area contributed by atoms with E-state index in [-0.39, 0.29) is 11.9 Å². The molecule has 2 heterocycles. The summed E-state index contributed by atoms with van der Waals surface area (Å²) in [6.07, 6.45) is 1.60. The molecule has 0 unspecified atom stereocenters. The number of guanidine groups is 1. The van der Waals surface area contributed by atoms with E-state index < -0.39 is 0 Å². The third-order valence-corrected chi connectivity index (χ3v) is 6.14. The van der Waals surface area contributed by atoms with Crippen LogP contribution in [0.4, 0.5) is 0 Å². The highest BCUT2D eigenvalue weighted by Gasteiger charge is 2.27. The average Bonchev–Trinajstić information content (AvgIpc) is 3.12. The average molecular weight is 401 g/mol. The largest absolute Gasteiger partial charge is 0.469 e. The molecule has 1 aromatic heterocycles. The lowest BCUT2D eigenvalue weighted by Gasteiger charge is -2.33. The first-order valence-corrected chi connectivity index (χ1v) is 10.6. The highest BCUT2D eigenvalue weighted by Crippen LogP contribution is 2.28. The lowest BCUT2D eigenvalue weighted by molar-refractivity contribution is -0.146. The molecule has 0 atom stereocenters. The van der Waals surface area contributed by atoms with Gasteiger partial charge in [-0.1, -0.05) is 30.3 Å². The van der Waals surface area contributed by atoms with Gasteiger partial charge >= 0.3 is 5.97 Å². The van der Waals surface area contributed by atoms with Crippen molar-refractivity contribution < 1.29 is 9.53 Å². The predicted molar refractivity (Wildman–Crippen MR) is 113 cm³/mol. The molecule has 1 aromatic carbocycles. The molecule has 0 aliphatic carbocycles. The molecular weight excluding hydrogens is 372 g/mol. The molecule has 0 spiro atoms. The van der Waals surface area contributed by atoms with Crippen LogP contribution in [0.15, 0.2) is 35.3 Å². The summed E-state index contributed by atoms with van der Waals surface area (Å²) in [6, 6.07) is 10.2. The van der Waals surface area contributed by atoms with Crippen LogP contribution in [0.3, 0.4) is 0 Å². The first-order chi connectivity index (χ1) is 13.6. The zero-order chi connectivity index (χ0) is 19.9. The zero-order valence-electron chi connectivity index (χ0n) is 16.8. The minimum Gasteiger partial charge on any atom is -0.469 e. The number of likely N-dealkylation sites (tertiary alicyclic amines) is 1. The number of thiazole rings is 1. The van der Waals surface area contributed by atoms with Gasteiger partial charge in [0.1, 0.15) is 5.01 Å². The number of rotatable bonds is 5. The first kappa shape index (κ1) is 20.3. The van der Waals surface area contributed by atoms with Crippen molar-refractivity contribution in [2.45, 2.75) is 33.2 Å². The van der Waals surface area contributed by atoms with Gasteiger partial charge in [0.2, 0.25) is 0 Å². The second-order valence-electron chi connectivity index (χ2n) is 6.85. The van der Waals surface area contributed by atoms with E-state index in [2.05, 4.69) is 29.3 Å². The van der Waals surface area contributed by atoms with Gasteiger partial charge in [-0.2, -0.15) is 0 Å². The van der Waals surface area contributed by atoms with Crippen LogP contribution >= 0.6 is 11.3 Å². The maximum Gasteiger partial charge on any atom is 0.308 e. The first-order valence-electron chi connectivity index (χ1n) is 9.75. The summed E-state index contributed by atoms with van der Waals surface area (Å²) in [7, 11) is 1.46. The molecule has 1 aliphatic heterocycles. The molecule has 0 amide bonds. The van der Waals surface area contributed by atoms with E-state index in [9.17, 15) is 4.79 Å². The lowest BCUT2D eigenvalue weighted by atomic mass is 9.97. The van der Waals surface area contributed by atoms with Gasteiger partial charge in [0.15, 0.2) is 5.96 Å². The van der Waals surface area contributed by atoms with E-state index in [4.69, 9.17) is 14.7 Å². The van der Waals surface area contributed by atoms with Crippen LogP contribution in [0.25, 0.3) is 10.6 Å². The normalized spacial score (nSPS) is 15.5. The molecule has 6 nitrogen and oxygen atoms in total. The number of methoxy groups -OCH3 is 1. The van der Waals surface area contributed by atoms with Crippen molar-refractivity contribution in [3.8, 4) is 10.6 Å². The molecule has 0 bridgehead atoms. The van der Waals surface area contributed by atoms with Crippen LogP contribution in [-0.4, -0.2) is 48.6 Å². The number of aliphatic imine (C=N–C) groups is 1. The fourth-order valence-corrected chi connectivity index (χ4v) is 4.34. The Morgan fingerprint density at radius 1 is 1.32 bits per heavy atom. The molecule has 2 aromatic rings. The number of hydrogen-bond acceptors (Lipinski definition) is 5. The van der Waals surface area contributed by atoms with Crippen molar-refractivity contribution in [1.29, 1.82) is 0 Å². The molecule has 1 aliphatic rings. The van der Waals surface area contributed by atoms with Crippen LogP contribution in [0.1, 0.15) is 30.3 Å². The van der Waals surface area contributed by atoms with Gasteiger partial charge in [-0.15, -0.1) is 11.3 Å². The molecule has 28 heavy (non-hydrogen) atoms. The van der Waals surface area contributed by atoms with Crippen molar-refractivity contribution in [2.75, 3.05) is 26.7 Å². The molecular formula is C21H28N4O2S. The topological polar surface area (TPSA) is 66.8 Å².